The molecular weight excluding hydrogens is 583 g/mol. The largest absolute Gasteiger partial charge is 0.493 e. The number of halogens is 2. The molecular formula is C26H20ClIN2O5. The number of aryl methyl sites for hydroxylation is 1. The summed E-state index contributed by atoms with van der Waals surface area (Å²) in [6.07, 6.45) is 1.42. The standard InChI is InChI=1S/C26H20ClIN2O5/c1-15-8-9-18(13-20(15)27)30-25(32)19(24(31)29-26(30)33)10-17-11-21(28)23(22(12-17)34-2)35-14-16-6-4-3-5-7-16/h3-13H,14H2,1-2H3,(H,29,31,33)/b19-10-. The highest BCUT2D eigenvalue weighted by Crippen LogP contribution is 2.35. The van der Waals surface area contributed by atoms with Gasteiger partial charge in [0.15, 0.2) is 11.5 Å². The molecule has 1 aliphatic heterocycles. The van der Waals surface area contributed by atoms with Crippen molar-refractivity contribution in [1.29, 1.82) is 0 Å². The van der Waals surface area contributed by atoms with E-state index in [-0.39, 0.29) is 11.3 Å². The minimum Gasteiger partial charge on any atom is -0.493 e. The Morgan fingerprint density at radius 3 is 2.49 bits per heavy atom. The number of amides is 4. The lowest BCUT2D eigenvalue weighted by atomic mass is 10.1. The summed E-state index contributed by atoms with van der Waals surface area (Å²) in [6, 6.07) is 17.1. The molecule has 178 valence electrons. The van der Waals surface area contributed by atoms with E-state index in [4.69, 9.17) is 21.1 Å². The van der Waals surface area contributed by atoms with Crippen LogP contribution in [-0.4, -0.2) is 25.0 Å². The topological polar surface area (TPSA) is 84.9 Å². The molecule has 35 heavy (non-hydrogen) atoms. The van der Waals surface area contributed by atoms with Crippen LogP contribution in [0.3, 0.4) is 0 Å². The van der Waals surface area contributed by atoms with Crippen LogP contribution in [0.5, 0.6) is 11.5 Å². The molecule has 0 unspecified atom stereocenters. The summed E-state index contributed by atoms with van der Waals surface area (Å²) in [5.41, 5.74) is 2.40. The Morgan fingerprint density at radius 1 is 1.06 bits per heavy atom. The summed E-state index contributed by atoms with van der Waals surface area (Å²) in [5.74, 6) is -0.545. The van der Waals surface area contributed by atoms with E-state index < -0.39 is 17.8 Å². The maximum Gasteiger partial charge on any atom is 0.335 e. The van der Waals surface area contributed by atoms with E-state index >= 15 is 0 Å². The number of barbiturate groups is 1. The molecule has 1 fully saturated rings. The first-order chi connectivity index (χ1) is 16.8. The first-order valence-corrected chi connectivity index (χ1v) is 12.0. The number of anilines is 1. The van der Waals surface area contributed by atoms with Crippen LogP contribution in [0, 0.1) is 10.5 Å². The molecule has 0 aromatic heterocycles. The van der Waals surface area contributed by atoms with E-state index in [1.165, 1.54) is 19.3 Å². The van der Waals surface area contributed by atoms with Gasteiger partial charge < -0.3 is 9.47 Å². The van der Waals surface area contributed by atoms with Gasteiger partial charge in [0.1, 0.15) is 12.2 Å². The van der Waals surface area contributed by atoms with Crippen molar-refractivity contribution >= 4 is 63.8 Å². The number of imide groups is 2. The Kier molecular flexibility index (Phi) is 7.42. The number of benzene rings is 3. The maximum absolute atomic E-state index is 13.2. The molecule has 1 saturated heterocycles. The van der Waals surface area contributed by atoms with Crippen molar-refractivity contribution in [3.05, 3.63) is 91.5 Å². The number of nitrogens with zero attached hydrogens (tertiary/aromatic N) is 1. The summed E-state index contributed by atoms with van der Waals surface area (Å²) in [6.45, 7) is 2.16. The van der Waals surface area contributed by atoms with Crippen LogP contribution in [0.2, 0.25) is 5.02 Å². The summed E-state index contributed by atoms with van der Waals surface area (Å²) in [4.78, 5) is 39.1. The van der Waals surface area contributed by atoms with Gasteiger partial charge in [-0.05, 0) is 76.5 Å². The number of rotatable bonds is 6. The van der Waals surface area contributed by atoms with E-state index in [0.717, 1.165) is 19.6 Å². The first-order valence-electron chi connectivity index (χ1n) is 10.5. The molecule has 9 heteroatoms. The number of urea groups is 1. The van der Waals surface area contributed by atoms with Crippen molar-refractivity contribution in [2.24, 2.45) is 0 Å². The summed E-state index contributed by atoms with van der Waals surface area (Å²) < 4.78 is 12.2. The van der Waals surface area contributed by atoms with E-state index in [1.54, 1.807) is 31.2 Å². The Labute approximate surface area is 220 Å². The lowest BCUT2D eigenvalue weighted by molar-refractivity contribution is -0.122. The van der Waals surface area contributed by atoms with E-state index in [2.05, 4.69) is 27.9 Å². The summed E-state index contributed by atoms with van der Waals surface area (Å²) >= 11 is 8.28. The fraction of sp³-hybridized carbons (Fsp3) is 0.115. The predicted octanol–water partition coefficient (Wildman–Crippen LogP) is 5.51. The SMILES string of the molecule is COc1cc(/C=C2/C(=O)NC(=O)N(c3ccc(C)c(Cl)c3)C2=O)cc(I)c1OCc1ccccc1. The highest BCUT2D eigenvalue weighted by atomic mass is 127. The highest BCUT2D eigenvalue weighted by Gasteiger charge is 2.37. The normalized spacial score (nSPS) is 14.8. The second-order valence-electron chi connectivity index (χ2n) is 7.70. The molecule has 0 radical (unpaired) electrons. The van der Waals surface area contributed by atoms with Crippen LogP contribution >= 0.6 is 34.2 Å². The van der Waals surface area contributed by atoms with Crippen LogP contribution in [0.4, 0.5) is 10.5 Å². The molecule has 4 amide bonds. The van der Waals surface area contributed by atoms with E-state index in [9.17, 15) is 14.4 Å². The third-order valence-corrected chi connectivity index (χ3v) is 6.51. The zero-order valence-corrected chi connectivity index (χ0v) is 21.7. The van der Waals surface area contributed by atoms with Gasteiger partial charge in [0.25, 0.3) is 11.8 Å². The van der Waals surface area contributed by atoms with Gasteiger partial charge in [-0.3, -0.25) is 14.9 Å². The lowest BCUT2D eigenvalue weighted by Crippen LogP contribution is -2.54. The number of carbonyl (C=O) groups excluding carboxylic acids is 3. The molecule has 7 nitrogen and oxygen atoms in total. The summed E-state index contributed by atoms with van der Waals surface area (Å²) in [7, 11) is 1.51. The average molecular weight is 603 g/mol. The quantitative estimate of drug-likeness (QED) is 0.229. The fourth-order valence-electron chi connectivity index (χ4n) is 3.47. The molecule has 3 aromatic carbocycles. The molecule has 0 aliphatic carbocycles. The molecule has 1 heterocycles. The van der Waals surface area contributed by atoms with Crippen LogP contribution in [-0.2, 0) is 16.2 Å². The van der Waals surface area contributed by atoms with Crippen LogP contribution in [0.1, 0.15) is 16.7 Å². The van der Waals surface area contributed by atoms with E-state index in [1.807, 2.05) is 30.3 Å². The van der Waals surface area contributed by atoms with Gasteiger partial charge in [-0.2, -0.15) is 0 Å². The number of hydrogen-bond acceptors (Lipinski definition) is 5. The minimum absolute atomic E-state index is 0.197. The van der Waals surface area contributed by atoms with Crippen LogP contribution < -0.4 is 19.7 Å². The number of nitrogens with one attached hydrogen (secondary N) is 1. The minimum atomic E-state index is -0.839. The Hall–Kier alpha value is -3.37. The van der Waals surface area contributed by atoms with Crippen LogP contribution in [0.15, 0.2) is 66.2 Å². The molecule has 0 bridgehead atoms. The van der Waals surface area contributed by atoms with Gasteiger partial charge in [-0.15, -0.1) is 0 Å². The van der Waals surface area contributed by atoms with Gasteiger partial charge >= 0.3 is 6.03 Å². The third-order valence-electron chi connectivity index (χ3n) is 5.30. The smallest absolute Gasteiger partial charge is 0.335 e. The molecule has 0 spiro atoms. The Morgan fingerprint density at radius 2 is 1.80 bits per heavy atom. The van der Waals surface area contributed by atoms with Crippen molar-refractivity contribution in [3.8, 4) is 11.5 Å². The Bertz CT molecular complexity index is 1360. The monoisotopic (exact) mass is 602 g/mol. The van der Waals surface area contributed by atoms with Crippen molar-refractivity contribution in [1.82, 2.24) is 5.32 Å². The maximum atomic E-state index is 13.2. The second kappa shape index (κ2) is 10.5. The second-order valence-corrected chi connectivity index (χ2v) is 9.27. The Balaban J connectivity index is 1.65. The van der Waals surface area contributed by atoms with E-state index in [0.29, 0.717) is 28.7 Å². The molecule has 0 saturated carbocycles. The van der Waals surface area contributed by atoms with Gasteiger partial charge in [0.2, 0.25) is 0 Å². The van der Waals surface area contributed by atoms with Crippen molar-refractivity contribution in [2.45, 2.75) is 13.5 Å². The van der Waals surface area contributed by atoms with Gasteiger partial charge in [0, 0.05) is 5.02 Å². The number of ether oxygens (including phenoxy) is 2. The lowest BCUT2D eigenvalue weighted by Gasteiger charge is -2.26. The average Bonchev–Trinajstić information content (AvgIpc) is 2.83. The molecule has 1 aliphatic rings. The first kappa shape index (κ1) is 24.7. The fourth-order valence-corrected chi connectivity index (χ4v) is 4.43. The third kappa shape index (κ3) is 5.33. The predicted molar refractivity (Wildman–Crippen MR) is 142 cm³/mol. The summed E-state index contributed by atoms with van der Waals surface area (Å²) in [5, 5.41) is 2.61. The van der Waals surface area contributed by atoms with Gasteiger partial charge in [-0.1, -0.05) is 48.0 Å². The van der Waals surface area contributed by atoms with Gasteiger partial charge in [0.05, 0.1) is 16.4 Å². The molecule has 1 N–H and O–H groups in total. The zero-order chi connectivity index (χ0) is 25.1. The van der Waals surface area contributed by atoms with Crippen LogP contribution in [0.25, 0.3) is 6.08 Å². The number of carbonyl (C=O) groups is 3. The number of methoxy groups -OCH3 is 1. The van der Waals surface area contributed by atoms with Crippen molar-refractivity contribution in [2.75, 3.05) is 12.0 Å². The molecule has 3 aromatic rings. The highest BCUT2D eigenvalue weighted by molar-refractivity contribution is 14.1. The molecule has 0 atom stereocenters. The van der Waals surface area contributed by atoms with Gasteiger partial charge in [-0.25, -0.2) is 9.69 Å². The number of hydrogen-bond donors (Lipinski definition) is 1. The van der Waals surface area contributed by atoms with Crippen molar-refractivity contribution < 1.29 is 23.9 Å². The van der Waals surface area contributed by atoms with Crippen molar-refractivity contribution in [3.63, 3.8) is 0 Å². The molecule has 4 rings (SSSR count). The zero-order valence-electron chi connectivity index (χ0n) is 18.8.